The first-order valence-electron chi connectivity index (χ1n) is 7.75. The number of fused-ring (bicyclic) bond motifs is 1. The molecule has 2 fully saturated rings. The van der Waals surface area contributed by atoms with Gasteiger partial charge < -0.3 is 18.6 Å². The van der Waals surface area contributed by atoms with E-state index in [0.29, 0.717) is 48.7 Å². The number of rotatable bonds is 3. The average Bonchev–Trinajstić information content (AvgIpc) is 3.23. The molecule has 0 N–H and O–H groups in total. The second-order valence-corrected chi connectivity index (χ2v) is 6.25. The van der Waals surface area contributed by atoms with Crippen LogP contribution in [0.4, 0.5) is 0 Å². The Morgan fingerprint density at radius 2 is 2.22 bits per heavy atom. The van der Waals surface area contributed by atoms with Crippen molar-refractivity contribution in [2.45, 2.75) is 38.9 Å². The van der Waals surface area contributed by atoms with E-state index in [1.807, 2.05) is 0 Å². The lowest BCUT2D eigenvalue weighted by Crippen LogP contribution is -2.31. The average molecular weight is 318 g/mol. The lowest BCUT2D eigenvalue weighted by molar-refractivity contribution is 0.0328. The Morgan fingerprint density at radius 3 is 2.87 bits per heavy atom. The predicted octanol–water partition coefficient (Wildman–Crippen LogP) is 1.15. The fraction of sp³-hybridized carbons (Fsp3) is 0.600. The van der Waals surface area contributed by atoms with Gasteiger partial charge in [0, 0.05) is 32.0 Å². The van der Waals surface area contributed by atoms with Crippen LogP contribution in [0.5, 0.6) is 0 Å². The summed E-state index contributed by atoms with van der Waals surface area (Å²) in [6.45, 7) is 4.84. The van der Waals surface area contributed by atoms with E-state index in [9.17, 15) is 4.79 Å². The van der Waals surface area contributed by atoms with Gasteiger partial charge in [-0.05, 0) is 13.3 Å². The third kappa shape index (κ3) is 2.74. The molecule has 2 aliphatic heterocycles. The monoisotopic (exact) mass is 318 g/mol. The summed E-state index contributed by atoms with van der Waals surface area (Å²) in [4.78, 5) is 14.2. The second-order valence-electron chi connectivity index (χ2n) is 6.25. The van der Waals surface area contributed by atoms with Crippen molar-refractivity contribution >= 4 is 5.91 Å². The molecule has 122 valence electrons. The van der Waals surface area contributed by atoms with E-state index in [-0.39, 0.29) is 18.1 Å². The molecular formula is C15H18N4O4. The van der Waals surface area contributed by atoms with Gasteiger partial charge in [-0.15, -0.1) is 10.2 Å². The largest absolute Gasteiger partial charge is 0.426 e. The van der Waals surface area contributed by atoms with Crippen LogP contribution in [-0.4, -0.2) is 51.5 Å². The Kier molecular flexibility index (Phi) is 3.41. The van der Waals surface area contributed by atoms with Crippen molar-refractivity contribution in [3.05, 3.63) is 29.3 Å². The van der Waals surface area contributed by atoms with Gasteiger partial charge in [0.05, 0.1) is 24.3 Å². The zero-order valence-corrected chi connectivity index (χ0v) is 13.1. The molecule has 2 aliphatic rings. The van der Waals surface area contributed by atoms with E-state index in [1.165, 1.54) is 0 Å². The molecule has 0 bridgehead atoms. The van der Waals surface area contributed by atoms with Crippen molar-refractivity contribution in [2.75, 3.05) is 13.1 Å². The molecule has 4 rings (SSSR count). The molecule has 23 heavy (non-hydrogen) atoms. The maximum absolute atomic E-state index is 12.4. The van der Waals surface area contributed by atoms with Crippen LogP contribution in [-0.2, 0) is 11.2 Å². The molecule has 2 aromatic heterocycles. The minimum atomic E-state index is -0.118. The van der Waals surface area contributed by atoms with E-state index >= 15 is 0 Å². The lowest BCUT2D eigenvalue weighted by Gasteiger charge is -2.17. The van der Waals surface area contributed by atoms with Gasteiger partial charge in [0.2, 0.25) is 17.5 Å². The van der Waals surface area contributed by atoms with Crippen LogP contribution >= 0.6 is 0 Å². The maximum Gasteiger partial charge on any atom is 0.292 e. The number of amides is 1. The van der Waals surface area contributed by atoms with Gasteiger partial charge >= 0.3 is 0 Å². The molecule has 1 amide bonds. The minimum absolute atomic E-state index is 0.0667. The smallest absolute Gasteiger partial charge is 0.292 e. The third-order valence-corrected chi connectivity index (χ3v) is 4.41. The maximum atomic E-state index is 12.4. The SMILES string of the molecule is Cc1cc(C(=O)N2C[C@H]3C[C@@H](Cc4nnc(C)o4)O[C@H]3C2)on1. The van der Waals surface area contributed by atoms with Crippen LogP contribution in [0.15, 0.2) is 15.0 Å². The van der Waals surface area contributed by atoms with Gasteiger partial charge in [0.1, 0.15) is 0 Å². The number of aryl methyl sites for hydroxylation is 2. The molecule has 0 saturated carbocycles. The van der Waals surface area contributed by atoms with Gasteiger partial charge in [-0.25, -0.2) is 0 Å². The number of hydrogen-bond donors (Lipinski definition) is 0. The summed E-state index contributed by atoms with van der Waals surface area (Å²) in [5.74, 6) is 1.69. The van der Waals surface area contributed by atoms with Crippen molar-refractivity contribution < 1.29 is 18.5 Å². The van der Waals surface area contributed by atoms with Gasteiger partial charge in [0.25, 0.3) is 5.91 Å². The Labute approximate surface area is 132 Å². The van der Waals surface area contributed by atoms with Crippen LogP contribution < -0.4 is 0 Å². The van der Waals surface area contributed by atoms with Crippen LogP contribution in [0.3, 0.4) is 0 Å². The lowest BCUT2D eigenvalue weighted by atomic mass is 10.0. The predicted molar refractivity (Wildman–Crippen MR) is 76.7 cm³/mol. The Morgan fingerprint density at radius 1 is 1.35 bits per heavy atom. The highest BCUT2D eigenvalue weighted by molar-refractivity contribution is 5.91. The van der Waals surface area contributed by atoms with Crippen molar-refractivity contribution in [3.8, 4) is 0 Å². The number of aromatic nitrogens is 3. The Balaban J connectivity index is 1.35. The van der Waals surface area contributed by atoms with E-state index < -0.39 is 0 Å². The zero-order chi connectivity index (χ0) is 16.0. The summed E-state index contributed by atoms with van der Waals surface area (Å²) >= 11 is 0. The summed E-state index contributed by atoms with van der Waals surface area (Å²) in [5.41, 5.74) is 0.707. The molecule has 0 radical (unpaired) electrons. The number of nitrogens with zero attached hydrogens (tertiary/aromatic N) is 4. The van der Waals surface area contributed by atoms with Crippen LogP contribution in [0.1, 0.15) is 34.5 Å². The highest BCUT2D eigenvalue weighted by atomic mass is 16.5. The van der Waals surface area contributed by atoms with Crippen LogP contribution in [0.2, 0.25) is 0 Å². The number of hydrogen-bond acceptors (Lipinski definition) is 7. The fourth-order valence-corrected chi connectivity index (χ4v) is 3.39. The van der Waals surface area contributed by atoms with Crippen molar-refractivity contribution in [2.24, 2.45) is 5.92 Å². The summed E-state index contributed by atoms with van der Waals surface area (Å²) in [5, 5.41) is 11.6. The van der Waals surface area contributed by atoms with E-state index in [4.69, 9.17) is 13.7 Å². The first kappa shape index (κ1) is 14.4. The fourth-order valence-electron chi connectivity index (χ4n) is 3.39. The minimum Gasteiger partial charge on any atom is -0.426 e. The van der Waals surface area contributed by atoms with Gasteiger partial charge in [-0.2, -0.15) is 0 Å². The summed E-state index contributed by atoms with van der Waals surface area (Å²) in [6, 6.07) is 1.66. The molecule has 0 aliphatic carbocycles. The number of ether oxygens (including phenoxy) is 1. The highest BCUT2D eigenvalue weighted by Crippen LogP contribution is 2.34. The molecule has 2 saturated heterocycles. The number of carbonyl (C=O) groups is 1. The second kappa shape index (κ2) is 5.45. The highest BCUT2D eigenvalue weighted by Gasteiger charge is 2.44. The first-order chi connectivity index (χ1) is 11.1. The van der Waals surface area contributed by atoms with Gasteiger partial charge in [0.15, 0.2) is 0 Å². The molecular weight excluding hydrogens is 300 g/mol. The Bertz CT molecular complexity index is 711. The van der Waals surface area contributed by atoms with Gasteiger partial charge in [-0.1, -0.05) is 5.16 Å². The number of likely N-dealkylation sites (tertiary alicyclic amines) is 1. The molecule has 8 heteroatoms. The zero-order valence-electron chi connectivity index (χ0n) is 13.1. The third-order valence-electron chi connectivity index (χ3n) is 4.41. The van der Waals surface area contributed by atoms with Crippen molar-refractivity contribution in [3.63, 3.8) is 0 Å². The first-order valence-corrected chi connectivity index (χ1v) is 7.75. The molecule has 0 spiro atoms. The molecule has 0 unspecified atom stereocenters. The topological polar surface area (TPSA) is 94.5 Å². The number of carbonyl (C=O) groups excluding carboxylic acids is 1. The van der Waals surface area contributed by atoms with Gasteiger partial charge in [-0.3, -0.25) is 4.79 Å². The summed E-state index contributed by atoms with van der Waals surface area (Å²) < 4.78 is 16.5. The molecule has 2 aromatic rings. The molecule has 0 aromatic carbocycles. The quantitative estimate of drug-likeness (QED) is 0.837. The van der Waals surface area contributed by atoms with E-state index in [1.54, 1.807) is 24.8 Å². The van der Waals surface area contributed by atoms with Crippen LogP contribution in [0.25, 0.3) is 0 Å². The molecule has 8 nitrogen and oxygen atoms in total. The van der Waals surface area contributed by atoms with Crippen LogP contribution in [0, 0.1) is 19.8 Å². The summed E-state index contributed by atoms with van der Waals surface area (Å²) in [6.07, 6.45) is 1.67. The van der Waals surface area contributed by atoms with Crippen molar-refractivity contribution in [1.29, 1.82) is 0 Å². The Hall–Kier alpha value is -2.22. The standard InChI is InChI=1S/C15H18N4O4/c1-8-3-12(23-18-8)15(20)19-6-10-4-11(22-13(10)7-19)5-14-17-16-9(2)21-14/h3,10-11,13H,4-7H2,1-2H3/t10-,11+,13+/m1/s1. The van der Waals surface area contributed by atoms with Crippen molar-refractivity contribution in [1.82, 2.24) is 20.3 Å². The molecule has 3 atom stereocenters. The van der Waals surface area contributed by atoms with E-state index in [2.05, 4.69) is 15.4 Å². The van der Waals surface area contributed by atoms with E-state index in [0.717, 1.165) is 6.42 Å². The molecule has 4 heterocycles. The normalized spacial score (nSPS) is 26.7. The summed E-state index contributed by atoms with van der Waals surface area (Å²) in [7, 11) is 0.